The molecule has 2 nitrogen and oxygen atoms in total. The molecule has 0 fully saturated rings. The topological polar surface area (TPSA) is 16.1 Å². The van der Waals surface area contributed by atoms with Crippen LogP contribution < -0.4 is 4.90 Å². The molecule has 0 atom stereocenters. The van der Waals surface area contributed by atoms with Crippen LogP contribution in [0.15, 0.2) is 158 Å². The van der Waals surface area contributed by atoms with Gasteiger partial charge in [0.2, 0.25) is 0 Å². The third-order valence-electron chi connectivity index (χ3n) is 10.4. The zero-order chi connectivity index (χ0) is 32.7. The molecular weight excluding hydrogens is 613 g/mol. The molecule has 7 aromatic carbocycles. The zero-order valence-electron chi connectivity index (χ0n) is 27.3. The van der Waals surface area contributed by atoms with Gasteiger partial charge >= 0.3 is 0 Å². The zero-order valence-corrected chi connectivity index (χ0v) is 28.1. The van der Waals surface area contributed by atoms with E-state index in [0.29, 0.717) is 0 Å². The summed E-state index contributed by atoms with van der Waals surface area (Å²) in [5.41, 5.74) is 15.9. The summed E-state index contributed by atoms with van der Waals surface area (Å²) in [5, 5.41) is 3.59. The second-order valence-corrected chi connectivity index (χ2v) is 14.6. The van der Waals surface area contributed by atoms with Crippen molar-refractivity contribution in [1.29, 1.82) is 0 Å². The summed E-state index contributed by atoms with van der Waals surface area (Å²) in [5.74, 6) is 0. The molecule has 1 aromatic heterocycles. The van der Waals surface area contributed by atoms with Gasteiger partial charge < -0.3 is 4.90 Å². The number of fused-ring (bicyclic) bond motifs is 6. The normalized spacial score (nSPS) is 13.3. The number of anilines is 3. The van der Waals surface area contributed by atoms with Crippen LogP contribution in [0.3, 0.4) is 0 Å². The average Bonchev–Trinajstić information content (AvgIpc) is 3.79. The summed E-state index contributed by atoms with van der Waals surface area (Å²) in [4.78, 5) is 8.90. The van der Waals surface area contributed by atoms with Gasteiger partial charge in [-0.1, -0.05) is 135 Å². The number of thiazole rings is 1. The first-order valence-corrected chi connectivity index (χ1v) is 17.7. The Morgan fingerprint density at radius 2 is 1.14 bits per heavy atom. The minimum Gasteiger partial charge on any atom is -0.310 e. The Balaban J connectivity index is 1.17. The Labute approximate surface area is 290 Å². The maximum absolute atomic E-state index is 5.21. The number of hydrogen-bond donors (Lipinski definition) is 0. The molecule has 0 saturated heterocycles. The SMILES string of the molecule is CC1(C)c2ccccc2-c2ccc(N(c3ccc(-c4ccccc4)cc3)c3cc4c5c(cccc5c3)-c3nc(-c5ccccc5)sc3-4)cc21. The van der Waals surface area contributed by atoms with E-state index in [1.54, 1.807) is 11.3 Å². The molecule has 2 aliphatic rings. The van der Waals surface area contributed by atoms with E-state index in [2.05, 4.69) is 176 Å². The maximum Gasteiger partial charge on any atom is 0.124 e. The van der Waals surface area contributed by atoms with Gasteiger partial charge in [-0.3, -0.25) is 0 Å². The van der Waals surface area contributed by atoms with E-state index in [0.717, 1.165) is 33.3 Å². The standard InChI is InChI=1S/C46H32N2S/c1-46(2)40-19-10-9-17-36(40)37-25-24-34(28-41(37)46)48(33-22-20-30(21-23-33)29-12-5-3-6-13-29)35-26-32-16-11-18-38-42(32)39(27-35)44-43(38)47-45(49-44)31-14-7-4-8-15-31/h3-28H,1-2H3. The average molecular weight is 645 g/mol. The number of hydrogen-bond acceptors (Lipinski definition) is 3. The molecule has 0 spiro atoms. The molecule has 0 amide bonds. The maximum atomic E-state index is 5.21. The highest BCUT2D eigenvalue weighted by Crippen LogP contribution is 2.54. The predicted molar refractivity (Wildman–Crippen MR) is 207 cm³/mol. The minimum atomic E-state index is -0.0947. The van der Waals surface area contributed by atoms with Crippen molar-refractivity contribution in [3.63, 3.8) is 0 Å². The van der Waals surface area contributed by atoms with Crippen LogP contribution in [0.2, 0.25) is 0 Å². The molecule has 0 aliphatic heterocycles. The Bertz CT molecular complexity index is 2560. The van der Waals surface area contributed by atoms with Crippen molar-refractivity contribution in [3.8, 4) is 54.5 Å². The molecule has 0 unspecified atom stereocenters. The molecular formula is C46H32N2S. The van der Waals surface area contributed by atoms with Crippen LogP contribution in [0, 0.1) is 0 Å². The first-order chi connectivity index (χ1) is 24.0. The third kappa shape index (κ3) is 4.29. The van der Waals surface area contributed by atoms with Crippen LogP contribution in [-0.4, -0.2) is 4.98 Å². The van der Waals surface area contributed by atoms with Crippen molar-refractivity contribution in [2.75, 3.05) is 4.90 Å². The van der Waals surface area contributed by atoms with Crippen molar-refractivity contribution in [3.05, 3.63) is 169 Å². The van der Waals surface area contributed by atoms with E-state index >= 15 is 0 Å². The second-order valence-electron chi connectivity index (χ2n) is 13.6. The van der Waals surface area contributed by atoms with Gasteiger partial charge in [0.15, 0.2) is 0 Å². The van der Waals surface area contributed by atoms with Crippen molar-refractivity contribution in [2.45, 2.75) is 19.3 Å². The third-order valence-corrected chi connectivity index (χ3v) is 11.6. The summed E-state index contributed by atoms with van der Waals surface area (Å²) < 4.78 is 0. The lowest BCUT2D eigenvalue weighted by molar-refractivity contribution is 0.660. The lowest BCUT2D eigenvalue weighted by atomic mass is 9.82. The lowest BCUT2D eigenvalue weighted by Gasteiger charge is -2.29. The van der Waals surface area contributed by atoms with Crippen LogP contribution in [0.25, 0.3) is 65.3 Å². The summed E-state index contributed by atoms with van der Waals surface area (Å²) in [6.45, 7) is 4.71. The van der Waals surface area contributed by atoms with Crippen molar-refractivity contribution in [1.82, 2.24) is 4.98 Å². The Morgan fingerprint density at radius 3 is 1.94 bits per heavy atom. The van der Waals surface area contributed by atoms with E-state index in [-0.39, 0.29) is 5.41 Å². The van der Waals surface area contributed by atoms with Gasteiger partial charge in [-0.05, 0) is 80.6 Å². The highest BCUT2D eigenvalue weighted by Gasteiger charge is 2.36. The van der Waals surface area contributed by atoms with E-state index in [1.165, 1.54) is 60.2 Å². The number of nitrogens with zero attached hydrogens (tertiary/aromatic N) is 2. The van der Waals surface area contributed by atoms with Crippen LogP contribution in [0.4, 0.5) is 17.1 Å². The monoisotopic (exact) mass is 644 g/mol. The smallest absolute Gasteiger partial charge is 0.124 e. The molecule has 3 heteroatoms. The molecule has 49 heavy (non-hydrogen) atoms. The summed E-state index contributed by atoms with van der Waals surface area (Å²) in [6.07, 6.45) is 0. The quantitative estimate of drug-likeness (QED) is 0.185. The van der Waals surface area contributed by atoms with Crippen LogP contribution >= 0.6 is 11.3 Å². The lowest BCUT2D eigenvalue weighted by Crippen LogP contribution is -2.16. The van der Waals surface area contributed by atoms with Gasteiger partial charge in [-0.25, -0.2) is 4.98 Å². The van der Waals surface area contributed by atoms with Gasteiger partial charge in [0.05, 0.1) is 10.6 Å². The van der Waals surface area contributed by atoms with E-state index < -0.39 is 0 Å². The fourth-order valence-corrected chi connectivity index (χ4v) is 9.13. The molecule has 1 heterocycles. The number of benzene rings is 7. The van der Waals surface area contributed by atoms with Crippen LogP contribution in [0.1, 0.15) is 25.0 Å². The molecule has 0 radical (unpaired) electrons. The molecule has 0 bridgehead atoms. The minimum absolute atomic E-state index is 0.0947. The van der Waals surface area contributed by atoms with Gasteiger partial charge in [0.25, 0.3) is 0 Å². The van der Waals surface area contributed by atoms with Crippen molar-refractivity contribution >= 4 is 39.2 Å². The predicted octanol–water partition coefficient (Wildman–Crippen LogP) is 13.1. The van der Waals surface area contributed by atoms with E-state index in [4.69, 9.17) is 4.98 Å². The number of rotatable bonds is 5. The van der Waals surface area contributed by atoms with Gasteiger partial charge in [-0.2, -0.15) is 0 Å². The Hall–Kier alpha value is -5.77. The summed E-state index contributed by atoms with van der Waals surface area (Å²) >= 11 is 1.80. The molecule has 2 aliphatic carbocycles. The van der Waals surface area contributed by atoms with E-state index in [1.807, 2.05) is 0 Å². The van der Waals surface area contributed by atoms with Crippen LogP contribution in [0.5, 0.6) is 0 Å². The first kappa shape index (κ1) is 28.3. The fourth-order valence-electron chi connectivity index (χ4n) is 8.02. The summed E-state index contributed by atoms with van der Waals surface area (Å²) in [7, 11) is 0. The molecule has 8 aromatic rings. The molecule has 232 valence electrons. The van der Waals surface area contributed by atoms with Gasteiger partial charge in [0.1, 0.15) is 5.01 Å². The highest BCUT2D eigenvalue weighted by atomic mass is 32.1. The Kier molecular flexibility index (Phi) is 6.12. The summed E-state index contributed by atoms with van der Waals surface area (Å²) in [6, 6.07) is 57.5. The van der Waals surface area contributed by atoms with Gasteiger partial charge in [-0.15, -0.1) is 11.3 Å². The Morgan fingerprint density at radius 1 is 0.490 bits per heavy atom. The molecule has 0 N–H and O–H groups in total. The van der Waals surface area contributed by atoms with Crippen LogP contribution in [-0.2, 0) is 5.41 Å². The van der Waals surface area contributed by atoms with Crippen molar-refractivity contribution < 1.29 is 0 Å². The fraction of sp³-hybridized carbons (Fsp3) is 0.0652. The largest absolute Gasteiger partial charge is 0.310 e. The number of aromatic nitrogens is 1. The first-order valence-electron chi connectivity index (χ1n) is 16.9. The van der Waals surface area contributed by atoms with Crippen molar-refractivity contribution in [2.24, 2.45) is 0 Å². The highest BCUT2D eigenvalue weighted by molar-refractivity contribution is 7.19. The van der Waals surface area contributed by atoms with Gasteiger partial charge in [0, 0.05) is 39.2 Å². The second kappa shape index (κ2) is 10.6. The molecule has 0 saturated carbocycles. The van der Waals surface area contributed by atoms with E-state index in [9.17, 15) is 0 Å². The molecule has 10 rings (SSSR count).